The van der Waals surface area contributed by atoms with Crippen molar-refractivity contribution in [3.05, 3.63) is 72.1 Å². The van der Waals surface area contributed by atoms with E-state index < -0.39 is 0 Å². The van der Waals surface area contributed by atoms with E-state index in [2.05, 4.69) is 65.2 Å². The minimum Gasteiger partial charge on any atom is -0.497 e. The van der Waals surface area contributed by atoms with E-state index in [0.717, 1.165) is 34.4 Å². The van der Waals surface area contributed by atoms with E-state index in [0.29, 0.717) is 0 Å². The molecule has 0 unspecified atom stereocenters. The van der Waals surface area contributed by atoms with Crippen molar-refractivity contribution in [2.45, 2.75) is 13.5 Å². The molecule has 1 heterocycles. The number of nitrogens with zero attached hydrogens (tertiary/aromatic N) is 1. The Morgan fingerprint density at radius 3 is 2.46 bits per heavy atom. The molecule has 1 aromatic heterocycles. The second-order valence-corrected chi connectivity index (χ2v) is 6.40. The molecule has 0 spiro atoms. The number of aryl methyl sites for hydroxylation is 1. The van der Waals surface area contributed by atoms with Gasteiger partial charge < -0.3 is 4.74 Å². The first-order chi connectivity index (χ1) is 11.7. The Morgan fingerprint density at radius 2 is 1.83 bits per heavy atom. The molecule has 1 N–H and O–H groups in total. The molecule has 0 bridgehead atoms. The van der Waals surface area contributed by atoms with Crippen molar-refractivity contribution in [3.8, 4) is 17.0 Å². The molecule has 3 nitrogen and oxygen atoms in total. The summed E-state index contributed by atoms with van der Waals surface area (Å²) in [6.45, 7) is 6.73. The number of thiazole rings is 1. The molecule has 3 aromatic rings. The van der Waals surface area contributed by atoms with Crippen LogP contribution < -0.4 is 14.6 Å². The minimum atomic E-state index is 0.749. The smallest absolute Gasteiger partial charge is 0.339 e. The predicted octanol–water partition coefficient (Wildman–Crippen LogP) is 4.95. The number of anilines is 2. The normalized spacial score (nSPS) is 10.4. The van der Waals surface area contributed by atoms with Gasteiger partial charge in [-0.1, -0.05) is 41.7 Å². The average molecular weight is 337 g/mol. The topological polar surface area (TPSA) is 25.1 Å². The Bertz CT molecular complexity index is 820. The summed E-state index contributed by atoms with van der Waals surface area (Å²) in [5, 5.41) is 6.76. The number of methoxy groups -OCH3 is 1. The molecule has 0 radical (unpaired) electrons. The zero-order chi connectivity index (χ0) is 16.9. The van der Waals surface area contributed by atoms with E-state index in [1.165, 1.54) is 5.56 Å². The summed E-state index contributed by atoms with van der Waals surface area (Å²) >= 11 is 1.69. The molecule has 0 aliphatic carbocycles. The van der Waals surface area contributed by atoms with Crippen molar-refractivity contribution >= 4 is 22.2 Å². The van der Waals surface area contributed by atoms with Gasteiger partial charge in [0.25, 0.3) is 0 Å². The van der Waals surface area contributed by atoms with Crippen LogP contribution >= 0.6 is 11.3 Å². The summed E-state index contributed by atoms with van der Waals surface area (Å²) in [5.74, 6) is 0.863. The lowest BCUT2D eigenvalue weighted by Crippen LogP contribution is -2.35. The predicted molar refractivity (Wildman–Crippen MR) is 101 cm³/mol. The Kier molecular flexibility index (Phi) is 4.96. The molecule has 0 saturated carbocycles. The lowest BCUT2D eigenvalue weighted by molar-refractivity contribution is -0.657. The summed E-state index contributed by atoms with van der Waals surface area (Å²) in [6.07, 6.45) is 1.92. The second kappa shape index (κ2) is 7.32. The fourth-order valence-electron chi connectivity index (χ4n) is 2.50. The van der Waals surface area contributed by atoms with E-state index in [4.69, 9.17) is 4.74 Å². The van der Waals surface area contributed by atoms with Crippen molar-refractivity contribution < 1.29 is 9.30 Å². The van der Waals surface area contributed by atoms with Gasteiger partial charge in [0, 0.05) is 10.9 Å². The van der Waals surface area contributed by atoms with E-state index in [-0.39, 0.29) is 0 Å². The van der Waals surface area contributed by atoms with Gasteiger partial charge >= 0.3 is 5.13 Å². The molecule has 0 aliphatic heterocycles. The van der Waals surface area contributed by atoms with Crippen LogP contribution in [-0.4, -0.2) is 7.11 Å². The van der Waals surface area contributed by atoms with Crippen molar-refractivity contribution in [2.75, 3.05) is 12.4 Å². The maximum absolute atomic E-state index is 5.24. The first-order valence-corrected chi connectivity index (χ1v) is 8.69. The molecular formula is C20H21N2OS+. The molecule has 0 amide bonds. The highest BCUT2D eigenvalue weighted by Crippen LogP contribution is 2.27. The number of aromatic nitrogens is 1. The van der Waals surface area contributed by atoms with Crippen molar-refractivity contribution in [1.82, 2.24) is 0 Å². The SMILES string of the molecule is C=CC[n+]1c(-c2ccc(OC)cc2)csc1Nc1ccc(C)cc1. The van der Waals surface area contributed by atoms with Gasteiger partial charge in [0.1, 0.15) is 23.7 Å². The summed E-state index contributed by atoms with van der Waals surface area (Å²) in [4.78, 5) is 0. The van der Waals surface area contributed by atoms with Gasteiger partial charge in [-0.15, -0.1) is 0 Å². The maximum Gasteiger partial charge on any atom is 0.339 e. The lowest BCUT2D eigenvalue weighted by Gasteiger charge is -2.05. The fraction of sp³-hybridized carbons (Fsp3) is 0.150. The van der Waals surface area contributed by atoms with Crippen LogP contribution in [0.1, 0.15) is 5.56 Å². The van der Waals surface area contributed by atoms with E-state index in [1.54, 1.807) is 18.4 Å². The summed E-state index contributed by atoms with van der Waals surface area (Å²) in [5.41, 5.74) is 4.66. The van der Waals surface area contributed by atoms with Crippen LogP contribution in [0, 0.1) is 6.92 Å². The lowest BCUT2D eigenvalue weighted by atomic mass is 10.1. The Morgan fingerprint density at radius 1 is 1.12 bits per heavy atom. The first-order valence-electron chi connectivity index (χ1n) is 7.81. The van der Waals surface area contributed by atoms with Crippen molar-refractivity contribution in [1.29, 1.82) is 0 Å². The average Bonchev–Trinajstić information content (AvgIpc) is 3.00. The van der Waals surface area contributed by atoms with Gasteiger partial charge in [0.15, 0.2) is 0 Å². The number of hydrogen-bond donors (Lipinski definition) is 1. The number of hydrogen-bond acceptors (Lipinski definition) is 3. The molecule has 0 fully saturated rings. The molecule has 122 valence electrons. The molecule has 0 aliphatic rings. The van der Waals surface area contributed by atoms with Gasteiger partial charge in [-0.05, 0) is 43.3 Å². The third-order valence-electron chi connectivity index (χ3n) is 3.82. The highest BCUT2D eigenvalue weighted by Gasteiger charge is 2.18. The van der Waals surface area contributed by atoms with Crippen LogP contribution in [0.25, 0.3) is 11.3 Å². The summed E-state index contributed by atoms with van der Waals surface area (Å²) in [7, 11) is 1.68. The van der Waals surface area contributed by atoms with E-state index >= 15 is 0 Å². The molecule has 0 atom stereocenters. The molecule has 0 saturated heterocycles. The van der Waals surface area contributed by atoms with Crippen LogP contribution in [-0.2, 0) is 6.54 Å². The molecule has 24 heavy (non-hydrogen) atoms. The first kappa shape index (κ1) is 16.3. The standard InChI is InChI=1S/C20H20N2OS/c1-4-13-22-19(16-7-11-18(23-3)12-8-16)14-24-20(22)21-17-9-5-15(2)6-10-17/h4-12,14H,1,13H2,2-3H3/p+1. The summed E-state index contributed by atoms with van der Waals surface area (Å²) in [6, 6.07) is 16.5. The number of benzene rings is 2. The zero-order valence-electron chi connectivity index (χ0n) is 14.0. The highest BCUT2D eigenvalue weighted by molar-refractivity contribution is 7.13. The van der Waals surface area contributed by atoms with Gasteiger partial charge in [-0.3, -0.25) is 0 Å². The van der Waals surface area contributed by atoms with E-state index in [1.807, 2.05) is 18.2 Å². The molecular weight excluding hydrogens is 316 g/mol. The van der Waals surface area contributed by atoms with E-state index in [9.17, 15) is 0 Å². The molecule has 2 aromatic carbocycles. The van der Waals surface area contributed by atoms with Crippen LogP contribution in [0.2, 0.25) is 0 Å². The second-order valence-electron chi connectivity index (χ2n) is 5.54. The monoisotopic (exact) mass is 337 g/mol. The van der Waals surface area contributed by atoms with Gasteiger partial charge in [0.2, 0.25) is 0 Å². The number of nitrogens with one attached hydrogen (secondary N) is 1. The van der Waals surface area contributed by atoms with Crippen molar-refractivity contribution in [3.63, 3.8) is 0 Å². The van der Waals surface area contributed by atoms with Crippen LogP contribution in [0.15, 0.2) is 66.6 Å². The third-order valence-corrected chi connectivity index (χ3v) is 4.71. The van der Waals surface area contributed by atoms with Crippen LogP contribution in [0.5, 0.6) is 5.75 Å². The van der Waals surface area contributed by atoms with Gasteiger partial charge in [-0.25, -0.2) is 9.88 Å². The highest BCUT2D eigenvalue weighted by atomic mass is 32.1. The summed E-state index contributed by atoms with van der Waals surface area (Å²) < 4.78 is 7.48. The molecule has 4 heteroatoms. The number of ether oxygens (including phenoxy) is 1. The fourth-order valence-corrected chi connectivity index (χ4v) is 3.47. The van der Waals surface area contributed by atoms with Gasteiger partial charge in [-0.2, -0.15) is 0 Å². The third kappa shape index (κ3) is 3.49. The van der Waals surface area contributed by atoms with Crippen LogP contribution in [0.3, 0.4) is 0 Å². The molecule has 3 rings (SSSR count). The Hall–Kier alpha value is -2.59. The van der Waals surface area contributed by atoms with Gasteiger partial charge in [0.05, 0.1) is 7.11 Å². The Balaban J connectivity index is 1.94. The zero-order valence-corrected chi connectivity index (χ0v) is 14.8. The largest absolute Gasteiger partial charge is 0.497 e. The minimum absolute atomic E-state index is 0.749. The number of allylic oxidation sites excluding steroid dienone is 1. The Labute approximate surface area is 146 Å². The van der Waals surface area contributed by atoms with Crippen LogP contribution in [0.4, 0.5) is 10.8 Å². The quantitative estimate of drug-likeness (QED) is 0.508. The number of rotatable bonds is 6. The maximum atomic E-state index is 5.24. The van der Waals surface area contributed by atoms with Crippen molar-refractivity contribution in [2.24, 2.45) is 0 Å².